The molecule has 0 saturated heterocycles. The fourth-order valence-electron chi connectivity index (χ4n) is 1.82. The summed E-state index contributed by atoms with van der Waals surface area (Å²) in [6.07, 6.45) is -2.92. The predicted octanol–water partition coefficient (Wildman–Crippen LogP) is 3.21. The maximum atomic E-state index is 12.4. The van der Waals surface area contributed by atoms with E-state index in [4.69, 9.17) is 0 Å². The molecule has 0 spiro atoms. The highest BCUT2D eigenvalue weighted by Gasteiger charge is 2.30. The van der Waals surface area contributed by atoms with E-state index < -0.39 is 11.7 Å². The molecule has 0 radical (unpaired) electrons. The number of nitrogens with one attached hydrogen (secondary N) is 1. The lowest BCUT2D eigenvalue weighted by Gasteiger charge is -2.13. The van der Waals surface area contributed by atoms with E-state index in [1.807, 2.05) is 0 Å². The van der Waals surface area contributed by atoms with Crippen LogP contribution in [0.2, 0.25) is 0 Å². The number of aldehydes is 1. The molecule has 0 atom stereocenters. The maximum Gasteiger partial charge on any atom is 0.417 e. The van der Waals surface area contributed by atoms with Crippen LogP contribution in [0.15, 0.2) is 24.4 Å². The van der Waals surface area contributed by atoms with E-state index in [2.05, 4.69) is 10.4 Å². The Bertz CT molecular complexity index is 630. The summed E-state index contributed by atoms with van der Waals surface area (Å²) in [5.41, 5.74) is 3.98. The van der Waals surface area contributed by atoms with Gasteiger partial charge in [-0.2, -0.15) is 13.2 Å². The first-order valence-electron chi connectivity index (χ1n) is 5.77. The molecule has 0 aliphatic heterocycles. The number of hydrogen-bond donors (Lipinski definition) is 1. The average molecular weight is 283 g/mol. The van der Waals surface area contributed by atoms with Gasteiger partial charge in [0.05, 0.1) is 5.56 Å². The molecule has 0 aliphatic carbocycles. The summed E-state index contributed by atoms with van der Waals surface area (Å²) in [5, 5.41) is 0. The van der Waals surface area contributed by atoms with Gasteiger partial charge in [0.2, 0.25) is 0 Å². The van der Waals surface area contributed by atoms with E-state index in [0.717, 1.165) is 24.2 Å². The number of aryl methyl sites for hydroxylation is 1. The molecule has 0 aliphatic rings. The lowest BCUT2D eigenvalue weighted by Crippen LogP contribution is -2.14. The number of hydrogen-bond acceptors (Lipinski definition) is 3. The van der Waals surface area contributed by atoms with Crippen molar-refractivity contribution in [3.8, 4) is 0 Å². The highest BCUT2D eigenvalue weighted by atomic mass is 19.4. The number of aromatic nitrogens is 2. The summed E-state index contributed by atoms with van der Waals surface area (Å²) in [5.74, 6) is 0.261. The number of carbonyl (C=O) groups excluding carboxylic acids is 1. The molecule has 0 saturated carbocycles. The number of rotatable bonds is 3. The van der Waals surface area contributed by atoms with Crippen molar-refractivity contribution in [2.24, 2.45) is 0 Å². The van der Waals surface area contributed by atoms with Gasteiger partial charge < -0.3 is 0 Å². The summed E-state index contributed by atoms with van der Waals surface area (Å²) >= 11 is 0. The van der Waals surface area contributed by atoms with Gasteiger partial charge in [-0.1, -0.05) is 0 Å². The second-order valence-electron chi connectivity index (χ2n) is 4.32. The van der Waals surface area contributed by atoms with Gasteiger partial charge in [0.25, 0.3) is 0 Å². The number of alkyl halides is 3. The lowest BCUT2D eigenvalue weighted by atomic mass is 10.3. The van der Waals surface area contributed by atoms with Gasteiger partial charge >= 0.3 is 6.18 Å². The molecule has 0 amide bonds. The minimum absolute atomic E-state index is 0.261. The minimum Gasteiger partial charge on any atom is -0.298 e. The first-order chi connectivity index (χ1) is 9.32. The van der Waals surface area contributed by atoms with Gasteiger partial charge in [-0.25, -0.2) is 4.98 Å². The smallest absolute Gasteiger partial charge is 0.298 e. The van der Waals surface area contributed by atoms with Crippen molar-refractivity contribution < 1.29 is 18.0 Å². The quantitative estimate of drug-likeness (QED) is 0.880. The Morgan fingerprint density at radius 2 is 2.00 bits per heavy atom. The summed E-state index contributed by atoms with van der Waals surface area (Å²) in [6.45, 7) is 3.50. The molecular weight excluding hydrogens is 271 g/mol. The van der Waals surface area contributed by atoms with Crippen LogP contribution in [0.3, 0.4) is 0 Å². The van der Waals surface area contributed by atoms with Crippen LogP contribution in [-0.2, 0) is 6.18 Å². The van der Waals surface area contributed by atoms with Crippen molar-refractivity contribution in [3.05, 3.63) is 46.9 Å². The molecule has 20 heavy (non-hydrogen) atoms. The van der Waals surface area contributed by atoms with Gasteiger partial charge in [-0.3, -0.25) is 14.9 Å². The van der Waals surface area contributed by atoms with Crippen LogP contribution in [0, 0.1) is 13.8 Å². The largest absolute Gasteiger partial charge is 0.417 e. The molecular formula is C13H12F3N3O. The third-order valence-corrected chi connectivity index (χ3v) is 2.91. The molecule has 7 heteroatoms. The average Bonchev–Trinajstić information content (AvgIpc) is 2.66. The van der Waals surface area contributed by atoms with Gasteiger partial charge in [-0.05, 0) is 32.0 Å². The number of pyridine rings is 1. The van der Waals surface area contributed by atoms with Crippen molar-refractivity contribution in [1.82, 2.24) is 9.66 Å². The van der Waals surface area contributed by atoms with E-state index in [1.54, 1.807) is 24.6 Å². The Balaban J connectivity index is 2.27. The molecule has 2 heterocycles. The van der Waals surface area contributed by atoms with Crippen LogP contribution < -0.4 is 5.43 Å². The molecule has 2 aromatic heterocycles. The molecule has 0 fully saturated rings. The molecule has 2 rings (SSSR count). The number of anilines is 1. The maximum absolute atomic E-state index is 12.4. The summed E-state index contributed by atoms with van der Waals surface area (Å²) < 4.78 is 38.9. The Labute approximate surface area is 113 Å². The van der Waals surface area contributed by atoms with Crippen molar-refractivity contribution in [3.63, 3.8) is 0 Å². The van der Waals surface area contributed by atoms with Crippen molar-refractivity contribution in [1.29, 1.82) is 0 Å². The first kappa shape index (κ1) is 14.1. The number of nitrogens with zero attached hydrogens (tertiary/aromatic N) is 2. The molecule has 0 unspecified atom stereocenters. The van der Waals surface area contributed by atoms with Gasteiger partial charge in [-0.15, -0.1) is 0 Å². The normalized spacial score (nSPS) is 11.4. The highest BCUT2D eigenvalue weighted by Crippen LogP contribution is 2.28. The minimum atomic E-state index is -4.41. The molecule has 0 bridgehead atoms. The number of carbonyl (C=O) groups is 1. The summed E-state index contributed by atoms with van der Waals surface area (Å²) in [7, 11) is 0. The van der Waals surface area contributed by atoms with Crippen LogP contribution in [-0.4, -0.2) is 15.9 Å². The molecule has 2 aromatic rings. The third-order valence-electron chi connectivity index (χ3n) is 2.91. The van der Waals surface area contributed by atoms with E-state index in [0.29, 0.717) is 11.3 Å². The van der Waals surface area contributed by atoms with Gasteiger partial charge in [0, 0.05) is 23.1 Å². The SMILES string of the molecule is Cc1cc(C=O)c(C)n1Nc1ccc(C(F)(F)F)cn1. The zero-order valence-corrected chi connectivity index (χ0v) is 10.8. The van der Waals surface area contributed by atoms with E-state index in [1.165, 1.54) is 6.07 Å². The topological polar surface area (TPSA) is 46.9 Å². The fraction of sp³-hybridized carbons (Fsp3) is 0.231. The van der Waals surface area contributed by atoms with Crippen molar-refractivity contribution >= 4 is 12.1 Å². The molecule has 4 nitrogen and oxygen atoms in total. The fourth-order valence-corrected chi connectivity index (χ4v) is 1.82. The Hall–Kier alpha value is -2.31. The van der Waals surface area contributed by atoms with E-state index >= 15 is 0 Å². The first-order valence-corrected chi connectivity index (χ1v) is 5.77. The predicted molar refractivity (Wildman–Crippen MR) is 67.6 cm³/mol. The third kappa shape index (κ3) is 2.66. The zero-order chi connectivity index (χ0) is 14.9. The lowest BCUT2D eigenvalue weighted by molar-refractivity contribution is -0.137. The van der Waals surface area contributed by atoms with Crippen LogP contribution in [0.25, 0.3) is 0 Å². The van der Waals surface area contributed by atoms with Gasteiger partial charge in [0.1, 0.15) is 5.82 Å². The van der Waals surface area contributed by atoms with Crippen LogP contribution in [0.5, 0.6) is 0 Å². The standard InChI is InChI=1S/C13H12F3N3O/c1-8-5-10(7-20)9(2)19(8)18-12-4-3-11(6-17-12)13(14,15)16/h3-7H,1-2H3,(H,17,18). The Morgan fingerprint density at radius 1 is 1.30 bits per heavy atom. The van der Waals surface area contributed by atoms with Crippen LogP contribution >= 0.6 is 0 Å². The van der Waals surface area contributed by atoms with Gasteiger partial charge in [0.15, 0.2) is 6.29 Å². The van der Waals surface area contributed by atoms with E-state index in [-0.39, 0.29) is 5.82 Å². The van der Waals surface area contributed by atoms with Crippen LogP contribution in [0.1, 0.15) is 27.3 Å². The monoisotopic (exact) mass is 283 g/mol. The van der Waals surface area contributed by atoms with E-state index in [9.17, 15) is 18.0 Å². The number of halogens is 3. The van der Waals surface area contributed by atoms with Crippen molar-refractivity contribution in [2.45, 2.75) is 20.0 Å². The molecule has 1 N–H and O–H groups in total. The highest BCUT2D eigenvalue weighted by molar-refractivity contribution is 5.77. The second kappa shape index (κ2) is 4.99. The Morgan fingerprint density at radius 3 is 2.45 bits per heavy atom. The summed E-state index contributed by atoms with van der Waals surface area (Å²) in [4.78, 5) is 14.5. The van der Waals surface area contributed by atoms with Crippen molar-refractivity contribution in [2.75, 3.05) is 5.43 Å². The molecule has 0 aromatic carbocycles. The molecule has 106 valence electrons. The van der Waals surface area contributed by atoms with Crippen LogP contribution in [0.4, 0.5) is 19.0 Å². The Kier molecular flexibility index (Phi) is 3.52. The second-order valence-corrected chi connectivity index (χ2v) is 4.32. The zero-order valence-electron chi connectivity index (χ0n) is 10.8. The summed E-state index contributed by atoms with van der Waals surface area (Å²) in [6, 6.07) is 3.87.